The second kappa shape index (κ2) is 7.26. The fraction of sp³-hybridized carbons (Fsp3) is 0.429. The number of benzene rings is 1. The van der Waals surface area contributed by atoms with Gasteiger partial charge in [-0.2, -0.15) is 0 Å². The summed E-state index contributed by atoms with van der Waals surface area (Å²) in [5.74, 6) is -1.26. The Morgan fingerprint density at radius 1 is 1.33 bits per heavy atom. The van der Waals surface area contributed by atoms with E-state index in [1.54, 1.807) is 20.8 Å². The highest BCUT2D eigenvalue weighted by atomic mass is 35.5. The molecule has 1 rings (SSSR count). The second-order valence-electron chi connectivity index (χ2n) is 5.24. The molecule has 1 N–H and O–H groups in total. The number of nitrogens with one attached hydrogen (secondary N) is 1. The Morgan fingerprint density at radius 3 is 2.52 bits per heavy atom. The summed E-state index contributed by atoms with van der Waals surface area (Å²) in [6.07, 6.45) is -0.915. The summed E-state index contributed by atoms with van der Waals surface area (Å²) >= 11 is 5.24. The Balaban J connectivity index is 2.70. The molecular formula is C14H17ClFNO4. The SMILES string of the molecule is CC(C)(C)OC(=O)Nc1ccc(CC(=O)OCCl)c(F)c1. The molecule has 116 valence electrons. The molecule has 21 heavy (non-hydrogen) atoms. The van der Waals surface area contributed by atoms with Crippen molar-refractivity contribution >= 4 is 29.4 Å². The molecule has 0 fully saturated rings. The van der Waals surface area contributed by atoms with Crippen LogP contribution in [0.15, 0.2) is 18.2 Å². The quantitative estimate of drug-likeness (QED) is 0.682. The summed E-state index contributed by atoms with van der Waals surface area (Å²) in [5.41, 5.74) is -0.260. The molecule has 1 amide bonds. The van der Waals surface area contributed by atoms with Gasteiger partial charge in [-0.3, -0.25) is 10.1 Å². The largest absolute Gasteiger partial charge is 0.449 e. The molecule has 0 unspecified atom stereocenters. The number of carbonyl (C=O) groups is 2. The van der Waals surface area contributed by atoms with Crippen molar-refractivity contribution in [3.63, 3.8) is 0 Å². The van der Waals surface area contributed by atoms with Gasteiger partial charge in [-0.1, -0.05) is 17.7 Å². The van der Waals surface area contributed by atoms with Crippen molar-refractivity contribution in [2.24, 2.45) is 0 Å². The Bertz CT molecular complexity index is 528. The molecule has 0 atom stereocenters. The van der Waals surface area contributed by atoms with Crippen LogP contribution in [0.5, 0.6) is 0 Å². The zero-order valence-corrected chi connectivity index (χ0v) is 12.8. The van der Waals surface area contributed by atoms with Crippen molar-refractivity contribution in [2.75, 3.05) is 11.4 Å². The number of carbonyl (C=O) groups excluding carboxylic acids is 2. The first-order valence-electron chi connectivity index (χ1n) is 6.21. The number of rotatable bonds is 4. The van der Waals surface area contributed by atoms with Gasteiger partial charge < -0.3 is 9.47 Å². The van der Waals surface area contributed by atoms with Gasteiger partial charge in [0.25, 0.3) is 0 Å². The minimum Gasteiger partial charge on any atom is -0.449 e. The minimum absolute atomic E-state index is 0.153. The van der Waals surface area contributed by atoms with Crippen molar-refractivity contribution in [3.8, 4) is 0 Å². The highest BCUT2D eigenvalue weighted by Crippen LogP contribution is 2.17. The molecule has 0 saturated heterocycles. The number of hydrogen-bond acceptors (Lipinski definition) is 4. The van der Waals surface area contributed by atoms with E-state index in [1.165, 1.54) is 12.1 Å². The van der Waals surface area contributed by atoms with E-state index in [1.807, 2.05) is 0 Å². The van der Waals surface area contributed by atoms with E-state index >= 15 is 0 Å². The first kappa shape index (κ1) is 17.2. The summed E-state index contributed by atoms with van der Waals surface area (Å²) in [4.78, 5) is 22.8. The lowest BCUT2D eigenvalue weighted by molar-refractivity contribution is -0.140. The number of halogens is 2. The van der Waals surface area contributed by atoms with Crippen LogP contribution in [0.25, 0.3) is 0 Å². The van der Waals surface area contributed by atoms with E-state index in [2.05, 4.69) is 10.1 Å². The van der Waals surface area contributed by atoms with Crippen molar-refractivity contribution in [2.45, 2.75) is 32.8 Å². The van der Waals surface area contributed by atoms with Gasteiger partial charge in [-0.05, 0) is 38.5 Å². The molecule has 5 nitrogen and oxygen atoms in total. The Kier molecular flexibility index (Phi) is 5.96. The van der Waals surface area contributed by atoms with E-state index in [0.717, 1.165) is 6.07 Å². The summed E-state index contributed by atoms with van der Waals surface area (Å²) in [6.45, 7) is 5.16. The lowest BCUT2D eigenvalue weighted by Crippen LogP contribution is -2.27. The highest BCUT2D eigenvalue weighted by Gasteiger charge is 2.17. The van der Waals surface area contributed by atoms with Crippen LogP contribution < -0.4 is 5.32 Å². The monoisotopic (exact) mass is 317 g/mol. The lowest BCUT2D eigenvalue weighted by Gasteiger charge is -2.19. The molecule has 0 aliphatic rings. The highest BCUT2D eigenvalue weighted by molar-refractivity contribution is 6.17. The minimum atomic E-state index is -0.684. The summed E-state index contributed by atoms with van der Waals surface area (Å²) in [7, 11) is 0. The van der Waals surface area contributed by atoms with Crippen LogP contribution in [0.2, 0.25) is 0 Å². The second-order valence-corrected chi connectivity index (χ2v) is 5.45. The Labute approximate surface area is 127 Å². The maximum atomic E-state index is 13.8. The summed E-state index contributed by atoms with van der Waals surface area (Å²) in [5, 5.41) is 2.41. The number of ether oxygens (including phenoxy) is 2. The molecule has 0 aromatic heterocycles. The molecule has 0 aliphatic heterocycles. The topological polar surface area (TPSA) is 64.6 Å². The molecule has 0 bridgehead atoms. The van der Waals surface area contributed by atoms with Gasteiger partial charge in [-0.25, -0.2) is 9.18 Å². The van der Waals surface area contributed by atoms with Crippen LogP contribution >= 0.6 is 11.6 Å². The fourth-order valence-electron chi connectivity index (χ4n) is 1.46. The van der Waals surface area contributed by atoms with E-state index < -0.39 is 23.5 Å². The Hall–Kier alpha value is -1.82. The van der Waals surface area contributed by atoms with Crippen LogP contribution in [-0.2, 0) is 20.7 Å². The maximum absolute atomic E-state index is 13.8. The van der Waals surface area contributed by atoms with E-state index in [4.69, 9.17) is 16.3 Å². The first-order valence-corrected chi connectivity index (χ1v) is 6.75. The molecule has 0 aliphatic carbocycles. The molecule has 0 radical (unpaired) electrons. The molecule has 1 aromatic carbocycles. The smallest absolute Gasteiger partial charge is 0.412 e. The third-order valence-corrected chi connectivity index (χ3v) is 2.36. The molecule has 7 heteroatoms. The number of anilines is 1. The van der Waals surface area contributed by atoms with Gasteiger partial charge in [0.05, 0.1) is 6.42 Å². The van der Waals surface area contributed by atoms with Crippen LogP contribution in [0.4, 0.5) is 14.9 Å². The number of esters is 1. The average molecular weight is 318 g/mol. The van der Waals surface area contributed by atoms with Crippen molar-refractivity contribution in [1.29, 1.82) is 0 Å². The number of alkyl halides is 1. The maximum Gasteiger partial charge on any atom is 0.412 e. The van der Waals surface area contributed by atoms with Gasteiger partial charge in [0.2, 0.25) is 0 Å². The average Bonchev–Trinajstić information content (AvgIpc) is 2.30. The van der Waals surface area contributed by atoms with Crippen LogP contribution in [0, 0.1) is 5.82 Å². The van der Waals surface area contributed by atoms with Gasteiger partial charge in [-0.15, -0.1) is 0 Å². The predicted octanol–water partition coefficient (Wildman–Crippen LogP) is 3.45. The predicted molar refractivity (Wildman–Crippen MR) is 76.8 cm³/mol. The molecule has 1 aromatic rings. The number of hydrogen-bond donors (Lipinski definition) is 1. The fourth-order valence-corrected chi connectivity index (χ4v) is 1.58. The van der Waals surface area contributed by atoms with Crippen LogP contribution in [0.3, 0.4) is 0 Å². The molecule has 0 heterocycles. The lowest BCUT2D eigenvalue weighted by atomic mass is 10.1. The van der Waals surface area contributed by atoms with Crippen molar-refractivity contribution < 1.29 is 23.5 Å². The van der Waals surface area contributed by atoms with E-state index in [-0.39, 0.29) is 23.7 Å². The molecular weight excluding hydrogens is 301 g/mol. The van der Waals surface area contributed by atoms with E-state index in [0.29, 0.717) is 0 Å². The van der Waals surface area contributed by atoms with Crippen molar-refractivity contribution in [3.05, 3.63) is 29.6 Å². The van der Waals surface area contributed by atoms with Gasteiger partial charge in [0.1, 0.15) is 11.4 Å². The molecule has 0 saturated carbocycles. The third-order valence-electron chi connectivity index (χ3n) is 2.25. The van der Waals surface area contributed by atoms with Gasteiger partial charge in [0, 0.05) is 5.69 Å². The summed E-state index contributed by atoms with van der Waals surface area (Å²) in [6, 6.07) is 3.68. The van der Waals surface area contributed by atoms with Crippen LogP contribution in [-0.4, -0.2) is 23.7 Å². The first-order chi connectivity index (χ1) is 9.71. The zero-order valence-electron chi connectivity index (χ0n) is 12.0. The Morgan fingerprint density at radius 2 is 2.00 bits per heavy atom. The van der Waals surface area contributed by atoms with E-state index in [9.17, 15) is 14.0 Å². The van der Waals surface area contributed by atoms with Gasteiger partial charge >= 0.3 is 12.1 Å². The zero-order chi connectivity index (χ0) is 16.0. The normalized spacial score (nSPS) is 10.9. The standard InChI is InChI=1S/C14H17ClFNO4/c1-14(2,3)21-13(19)17-10-5-4-9(11(16)7-10)6-12(18)20-8-15/h4-5,7H,6,8H2,1-3H3,(H,17,19). The van der Waals surface area contributed by atoms with Crippen LogP contribution in [0.1, 0.15) is 26.3 Å². The molecule has 0 spiro atoms. The third kappa shape index (κ3) is 6.44. The number of amides is 1. The van der Waals surface area contributed by atoms with Crippen molar-refractivity contribution in [1.82, 2.24) is 0 Å². The summed E-state index contributed by atoms with van der Waals surface area (Å²) < 4.78 is 23.4. The van der Waals surface area contributed by atoms with Gasteiger partial charge in [0.15, 0.2) is 6.07 Å².